The van der Waals surface area contributed by atoms with Crippen molar-refractivity contribution in [2.45, 2.75) is 26.7 Å². The average molecular weight is 536 g/mol. The highest BCUT2D eigenvalue weighted by molar-refractivity contribution is 7.07. The molecule has 0 radical (unpaired) electrons. The highest BCUT2D eigenvalue weighted by Crippen LogP contribution is 2.37. The third-order valence-electron chi connectivity index (χ3n) is 5.92. The van der Waals surface area contributed by atoms with E-state index in [9.17, 15) is 14.4 Å². The number of carbonyl (C=O) groups excluding carboxylic acids is 2. The molecule has 1 aromatic heterocycles. The van der Waals surface area contributed by atoms with Gasteiger partial charge < -0.3 is 25.7 Å². The Balaban J connectivity index is 1.98. The summed E-state index contributed by atoms with van der Waals surface area (Å²) in [5, 5.41) is 0. The second-order valence-corrected chi connectivity index (χ2v) is 9.32. The first kappa shape index (κ1) is 26.7. The largest absolute Gasteiger partial charge is 0.494 e. The van der Waals surface area contributed by atoms with E-state index in [1.54, 1.807) is 49.4 Å². The van der Waals surface area contributed by atoms with Crippen molar-refractivity contribution in [3.63, 3.8) is 0 Å². The van der Waals surface area contributed by atoms with Crippen LogP contribution in [0.15, 0.2) is 58.9 Å². The van der Waals surface area contributed by atoms with E-state index in [0.717, 1.165) is 16.9 Å². The van der Waals surface area contributed by atoms with Crippen molar-refractivity contribution >= 4 is 40.7 Å². The molecule has 4 N–H and O–H groups in total. The number of hydrogen-bond acceptors (Lipinski definition) is 8. The normalized spacial score (nSPS) is 15.3. The number of esters is 1. The standard InChI is InChI=1S/C28H29N3O6S/c1-4-35-18-11-7-16(8-12-18)15-20-26(33)31-24(29)22(28(34)37-6-3)21(23(25(30)32)27(31)38-20)17-9-13-19(14-10-17)36-5-2/h7-15,21H,4-6,29H2,1-3H3,(H2,30,32). The molecule has 0 saturated heterocycles. The minimum absolute atomic E-state index is 0.0233. The lowest BCUT2D eigenvalue weighted by Crippen LogP contribution is -2.42. The van der Waals surface area contributed by atoms with Gasteiger partial charge in [-0.15, -0.1) is 11.3 Å². The van der Waals surface area contributed by atoms with Gasteiger partial charge in [0.25, 0.3) is 5.56 Å². The molecule has 1 unspecified atom stereocenters. The third kappa shape index (κ3) is 5.08. The SMILES string of the molecule is CCOC(=O)C1=C(N)n2c(sc(=Cc3ccc(OCC)cc3)c2=O)=C(C(N)=O)C1c1ccc(OCC)cc1. The van der Waals surface area contributed by atoms with Crippen molar-refractivity contribution in [1.82, 2.24) is 4.57 Å². The predicted octanol–water partition coefficient (Wildman–Crippen LogP) is 1.66. The maximum atomic E-state index is 13.5. The molecule has 2 heterocycles. The van der Waals surface area contributed by atoms with Crippen LogP contribution in [-0.2, 0) is 14.3 Å². The number of rotatable bonds is 9. The average Bonchev–Trinajstić information content (AvgIpc) is 3.21. The molecule has 4 rings (SSSR count). The fourth-order valence-electron chi connectivity index (χ4n) is 4.33. The number of aromatic nitrogens is 1. The summed E-state index contributed by atoms with van der Waals surface area (Å²) < 4.78 is 18.0. The lowest BCUT2D eigenvalue weighted by atomic mass is 9.83. The van der Waals surface area contributed by atoms with Gasteiger partial charge in [0.2, 0.25) is 5.91 Å². The van der Waals surface area contributed by atoms with Crippen LogP contribution in [0.4, 0.5) is 0 Å². The molecule has 10 heteroatoms. The van der Waals surface area contributed by atoms with E-state index in [1.807, 2.05) is 26.0 Å². The highest BCUT2D eigenvalue weighted by atomic mass is 32.1. The molecule has 9 nitrogen and oxygen atoms in total. The first-order chi connectivity index (χ1) is 18.3. The second kappa shape index (κ2) is 11.4. The molecule has 1 aliphatic heterocycles. The molecule has 0 fully saturated rings. The van der Waals surface area contributed by atoms with Crippen molar-refractivity contribution in [3.05, 3.63) is 84.8 Å². The number of benzene rings is 2. The summed E-state index contributed by atoms with van der Waals surface area (Å²) in [6.45, 7) is 6.53. The molecule has 1 amide bonds. The van der Waals surface area contributed by atoms with Gasteiger partial charge in [0.05, 0.1) is 41.4 Å². The zero-order valence-corrected chi connectivity index (χ0v) is 22.2. The van der Waals surface area contributed by atoms with Crippen LogP contribution in [0.5, 0.6) is 11.5 Å². The fraction of sp³-hybridized carbons (Fsp3) is 0.250. The molecule has 3 aromatic rings. The second-order valence-electron chi connectivity index (χ2n) is 8.29. The van der Waals surface area contributed by atoms with Crippen LogP contribution >= 0.6 is 11.3 Å². The van der Waals surface area contributed by atoms with Crippen LogP contribution in [0, 0.1) is 0 Å². The van der Waals surface area contributed by atoms with Gasteiger partial charge in [-0.3, -0.25) is 14.2 Å². The summed E-state index contributed by atoms with van der Waals surface area (Å²) in [4.78, 5) is 39.6. The Morgan fingerprint density at radius 1 is 0.921 bits per heavy atom. The molecule has 0 saturated carbocycles. The topological polar surface area (TPSA) is 136 Å². The summed E-state index contributed by atoms with van der Waals surface area (Å²) in [7, 11) is 0. The Hall–Kier alpha value is -4.31. The smallest absolute Gasteiger partial charge is 0.338 e. The van der Waals surface area contributed by atoms with E-state index < -0.39 is 23.4 Å². The molecule has 0 aliphatic carbocycles. The van der Waals surface area contributed by atoms with Gasteiger partial charge in [-0.25, -0.2) is 4.79 Å². The number of carbonyl (C=O) groups is 2. The Morgan fingerprint density at radius 3 is 2.03 bits per heavy atom. The number of fused-ring (bicyclic) bond motifs is 1. The lowest BCUT2D eigenvalue weighted by molar-refractivity contribution is -0.138. The van der Waals surface area contributed by atoms with Gasteiger partial charge in [0.15, 0.2) is 0 Å². The number of ether oxygens (including phenoxy) is 3. The van der Waals surface area contributed by atoms with Crippen molar-refractivity contribution in [3.8, 4) is 11.5 Å². The number of amides is 1. The molecule has 0 spiro atoms. The zero-order chi connectivity index (χ0) is 27.4. The van der Waals surface area contributed by atoms with Gasteiger partial charge in [-0.05, 0) is 62.2 Å². The summed E-state index contributed by atoms with van der Waals surface area (Å²) in [6, 6.07) is 14.2. The van der Waals surface area contributed by atoms with Crippen molar-refractivity contribution < 1.29 is 23.8 Å². The van der Waals surface area contributed by atoms with Crippen molar-refractivity contribution in [2.24, 2.45) is 11.5 Å². The minimum Gasteiger partial charge on any atom is -0.494 e. The van der Waals surface area contributed by atoms with E-state index in [0.29, 0.717) is 34.8 Å². The van der Waals surface area contributed by atoms with E-state index in [-0.39, 0.29) is 28.2 Å². The van der Waals surface area contributed by atoms with Crippen molar-refractivity contribution in [1.29, 1.82) is 0 Å². The summed E-state index contributed by atoms with van der Waals surface area (Å²) >= 11 is 1.08. The van der Waals surface area contributed by atoms with Crippen molar-refractivity contribution in [2.75, 3.05) is 19.8 Å². The summed E-state index contributed by atoms with van der Waals surface area (Å²) in [5.41, 5.74) is 13.3. The van der Waals surface area contributed by atoms with Gasteiger partial charge >= 0.3 is 5.97 Å². The van der Waals surface area contributed by atoms with E-state index in [1.165, 1.54) is 4.57 Å². The van der Waals surface area contributed by atoms with Crippen LogP contribution in [0.1, 0.15) is 37.8 Å². The zero-order valence-electron chi connectivity index (χ0n) is 21.4. The third-order valence-corrected chi connectivity index (χ3v) is 7.03. The molecule has 38 heavy (non-hydrogen) atoms. The van der Waals surface area contributed by atoms with Gasteiger partial charge in [0, 0.05) is 0 Å². The molecule has 2 aromatic carbocycles. The molecular formula is C28H29N3O6S. The van der Waals surface area contributed by atoms with Gasteiger partial charge in [-0.1, -0.05) is 24.3 Å². The lowest BCUT2D eigenvalue weighted by Gasteiger charge is -2.26. The number of nitrogens with zero attached hydrogens (tertiary/aromatic N) is 1. The Bertz CT molecular complexity index is 1570. The van der Waals surface area contributed by atoms with Gasteiger partial charge in [0.1, 0.15) is 22.0 Å². The van der Waals surface area contributed by atoms with Gasteiger partial charge in [-0.2, -0.15) is 0 Å². The Kier molecular flexibility index (Phi) is 8.02. The molecule has 1 aliphatic rings. The van der Waals surface area contributed by atoms with E-state index in [2.05, 4.69) is 0 Å². The number of primary amides is 1. The fourth-order valence-corrected chi connectivity index (χ4v) is 5.51. The minimum atomic E-state index is -0.932. The predicted molar refractivity (Wildman–Crippen MR) is 146 cm³/mol. The summed E-state index contributed by atoms with van der Waals surface area (Å²) in [6.07, 6.45) is 1.69. The number of hydrogen-bond donors (Lipinski definition) is 2. The quantitative estimate of drug-likeness (QED) is 0.398. The highest BCUT2D eigenvalue weighted by Gasteiger charge is 2.38. The molecular weight excluding hydrogens is 506 g/mol. The van der Waals surface area contributed by atoms with E-state index in [4.69, 9.17) is 25.7 Å². The van der Waals surface area contributed by atoms with Crippen LogP contribution in [-0.4, -0.2) is 36.3 Å². The van der Waals surface area contributed by atoms with Crippen LogP contribution in [0.25, 0.3) is 17.5 Å². The monoisotopic (exact) mass is 535 g/mol. The molecule has 0 bridgehead atoms. The Morgan fingerprint density at radius 2 is 1.50 bits per heavy atom. The number of thiazole rings is 1. The first-order valence-electron chi connectivity index (χ1n) is 12.2. The molecule has 198 valence electrons. The maximum Gasteiger partial charge on any atom is 0.338 e. The van der Waals surface area contributed by atoms with Crippen LogP contribution in [0.2, 0.25) is 0 Å². The van der Waals surface area contributed by atoms with Crippen LogP contribution < -0.4 is 35.7 Å². The van der Waals surface area contributed by atoms with Crippen LogP contribution in [0.3, 0.4) is 0 Å². The molecule has 1 atom stereocenters. The Labute approximate surface area is 223 Å². The van der Waals surface area contributed by atoms with E-state index >= 15 is 0 Å². The maximum absolute atomic E-state index is 13.5. The summed E-state index contributed by atoms with van der Waals surface area (Å²) in [5.74, 6) is -1.21. The first-order valence-corrected chi connectivity index (χ1v) is 13.0. The number of nitrogens with two attached hydrogens (primary N) is 2.